The second-order valence-corrected chi connectivity index (χ2v) is 9.40. The van der Waals surface area contributed by atoms with Crippen molar-refractivity contribution in [1.82, 2.24) is 14.9 Å². The molecule has 1 saturated heterocycles. The molecule has 7 nitrogen and oxygen atoms in total. The maximum atomic E-state index is 13.8. The van der Waals surface area contributed by atoms with Gasteiger partial charge in [0, 0.05) is 31.8 Å². The number of hydrogen-bond acceptors (Lipinski definition) is 9. The lowest BCUT2D eigenvalue weighted by Crippen LogP contribution is -2.44. The molecule has 0 bridgehead atoms. The van der Waals surface area contributed by atoms with Crippen molar-refractivity contribution >= 4 is 29.4 Å². The van der Waals surface area contributed by atoms with Crippen molar-refractivity contribution in [2.75, 3.05) is 31.1 Å². The van der Waals surface area contributed by atoms with Gasteiger partial charge in [-0.3, -0.25) is 0 Å². The highest BCUT2D eigenvalue weighted by Gasteiger charge is 2.35. The van der Waals surface area contributed by atoms with Crippen molar-refractivity contribution in [1.29, 1.82) is 0 Å². The topological polar surface area (TPSA) is 91.2 Å². The molecule has 4 rings (SSSR count). The summed E-state index contributed by atoms with van der Waals surface area (Å²) in [5.41, 5.74) is 1.36. The lowest BCUT2D eigenvalue weighted by atomic mass is 10.1. The van der Waals surface area contributed by atoms with Crippen LogP contribution in [0.3, 0.4) is 0 Å². The van der Waals surface area contributed by atoms with Gasteiger partial charge in [-0.15, -0.1) is 4.48 Å². The Bertz CT molecular complexity index is 972. The number of rotatable bonds is 6. The van der Waals surface area contributed by atoms with Crippen LogP contribution in [0.4, 0.5) is 14.6 Å². The van der Waals surface area contributed by atoms with Crippen LogP contribution in [0.5, 0.6) is 0 Å². The van der Waals surface area contributed by atoms with Gasteiger partial charge in [0.1, 0.15) is 5.82 Å². The molecule has 0 saturated carbocycles. The Labute approximate surface area is 200 Å². The van der Waals surface area contributed by atoms with Gasteiger partial charge in [0.2, 0.25) is 0 Å². The van der Waals surface area contributed by atoms with Crippen LogP contribution in [0.2, 0.25) is 0 Å². The zero-order valence-corrected chi connectivity index (χ0v) is 20.0. The summed E-state index contributed by atoms with van der Waals surface area (Å²) < 4.78 is 29.7. The SMILES string of the molecule is Cc1cc(SNC2=C(O)SCN2)c(F)cc1N(C)F.OC(O)(c1ccccc1)N1CCCC1. The first-order valence-electron chi connectivity index (χ1n) is 10.4. The zero-order chi connectivity index (χ0) is 24.0. The normalized spacial score (nSPS) is 16.3. The van der Waals surface area contributed by atoms with E-state index in [0.717, 1.165) is 43.9 Å². The minimum atomic E-state index is -1.79. The molecule has 0 amide bonds. The minimum Gasteiger partial charge on any atom is -0.500 e. The molecule has 2 aliphatic heterocycles. The Hall–Kier alpha value is -2.18. The highest BCUT2D eigenvalue weighted by atomic mass is 32.2. The molecule has 0 aromatic heterocycles. The summed E-state index contributed by atoms with van der Waals surface area (Å²) in [4.78, 5) is 2.03. The van der Waals surface area contributed by atoms with Crippen LogP contribution in [0.15, 0.2) is 58.3 Å². The molecule has 0 aliphatic carbocycles. The van der Waals surface area contributed by atoms with Crippen LogP contribution in [-0.4, -0.2) is 46.2 Å². The van der Waals surface area contributed by atoms with E-state index in [1.54, 1.807) is 30.0 Å². The van der Waals surface area contributed by atoms with Gasteiger partial charge < -0.3 is 25.4 Å². The van der Waals surface area contributed by atoms with E-state index < -0.39 is 11.7 Å². The van der Waals surface area contributed by atoms with Crippen LogP contribution in [0, 0.1) is 12.7 Å². The minimum absolute atomic E-state index is 0.143. The number of thioether (sulfide) groups is 1. The molecular weight excluding hydrogens is 470 g/mol. The summed E-state index contributed by atoms with van der Waals surface area (Å²) in [6, 6.07) is 11.7. The number of hydrogen-bond donors (Lipinski definition) is 5. The van der Waals surface area contributed by atoms with E-state index in [4.69, 9.17) is 0 Å². The number of aliphatic hydroxyl groups is 3. The molecule has 2 aliphatic rings. The lowest BCUT2D eigenvalue weighted by Gasteiger charge is -2.31. The van der Waals surface area contributed by atoms with Gasteiger partial charge in [0.25, 0.3) is 5.91 Å². The molecule has 0 spiro atoms. The number of benzene rings is 2. The summed E-state index contributed by atoms with van der Waals surface area (Å²) in [7, 11) is 1.22. The Balaban J connectivity index is 0.000000194. The summed E-state index contributed by atoms with van der Waals surface area (Å²) in [5, 5.41) is 32.8. The van der Waals surface area contributed by atoms with E-state index in [-0.39, 0.29) is 10.8 Å². The summed E-state index contributed by atoms with van der Waals surface area (Å²) >= 11 is 2.28. The predicted octanol–water partition coefficient (Wildman–Crippen LogP) is 3.91. The standard InChI is InChI=1S/C11H13F2N3OS2.C11H15NO2/c1-6-3-9(7(12)4-8(6)16(2)13)19-15-10-11(17)18-5-14-10;13-11(14,12-8-4-5-9-12)10-6-2-1-3-7-10/h3-4,14-15,17H,5H2,1-2H3;1-3,6-7,13-14H,4-5,8-9H2. The Kier molecular flexibility index (Phi) is 8.71. The fourth-order valence-corrected chi connectivity index (χ4v) is 4.90. The van der Waals surface area contributed by atoms with Crippen molar-refractivity contribution in [2.24, 2.45) is 0 Å². The van der Waals surface area contributed by atoms with E-state index in [2.05, 4.69) is 10.0 Å². The zero-order valence-electron chi connectivity index (χ0n) is 18.4. The maximum Gasteiger partial charge on any atom is 0.253 e. The molecule has 180 valence electrons. The van der Waals surface area contributed by atoms with Gasteiger partial charge in [-0.25, -0.2) is 14.4 Å². The largest absolute Gasteiger partial charge is 0.500 e. The first kappa shape index (κ1) is 25.4. The predicted molar refractivity (Wildman–Crippen MR) is 128 cm³/mol. The average Bonchev–Trinajstić information content (AvgIpc) is 3.47. The smallest absolute Gasteiger partial charge is 0.253 e. The van der Waals surface area contributed by atoms with Crippen molar-refractivity contribution < 1.29 is 24.2 Å². The van der Waals surface area contributed by atoms with Crippen molar-refractivity contribution in [3.63, 3.8) is 0 Å². The molecule has 1 fully saturated rings. The third-order valence-electron chi connectivity index (χ3n) is 5.23. The third-order valence-corrected chi connectivity index (χ3v) is 6.83. The van der Waals surface area contributed by atoms with Gasteiger partial charge in [-0.05, 0) is 43.3 Å². The van der Waals surface area contributed by atoms with Gasteiger partial charge >= 0.3 is 0 Å². The molecule has 0 atom stereocenters. The van der Waals surface area contributed by atoms with E-state index in [0.29, 0.717) is 32.8 Å². The molecule has 0 radical (unpaired) electrons. The molecular formula is C22H28F2N4O3S2. The highest BCUT2D eigenvalue weighted by Crippen LogP contribution is 2.30. The van der Waals surface area contributed by atoms with E-state index in [1.165, 1.54) is 18.8 Å². The van der Waals surface area contributed by atoms with Gasteiger partial charge in [0.05, 0.1) is 16.5 Å². The van der Waals surface area contributed by atoms with Crippen molar-refractivity contribution in [3.05, 3.63) is 70.3 Å². The molecule has 5 N–H and O–H groups in total. The molecule has 33 heavy (non-hydrogen) atoms. The number of likely N-dealkylation sites (tertiary alicyclic amines) is 1. The second kappa shape index (κ2) is 11.3. The lowest BCUT2D eigenvalue weighted by molar-refractivity contribution is -0.269. The second-order valence-electron chi connectivity index (χ2n) is 7.59. The van der Waals surface area contributed by atoms with E-state index in [1.807, 2.05) is 18.2 Å². The summed E-state index contributed by atoms with van der Waals surface area (Å²) in [6.45, 7) is 3.21. The van der Waals surface area contributed by atoms with Crippen LogP contribution < -0.4 is 15.2 Å². The Morgan fingerprint density at radius 2 is 1.85 bits per heavy atom. The third kappa shape index (κ3) is 6.45. The number of aliphatic hydroxyl groups excluding tert-OH is 1. The van der Waals surface area contributed by atoms with E-state index in [9.17, 15) is 24.2 Å². The molecule has 2 heterocycles. The maximum absolute atomic E-state index is 13.8. The molecule has 2 aromatic carbocycles. The fourth-order valence-electron chi connectivity index (χ4n) is 3.44. The first-order valence-corrected chi connectivity index (χ1v) is 12.2. The quantitative estimate of drug-likeness (QED) is 0.231. The Morgan fingerprint density at radius 3 is 2.42 bits per heavy atom. The molecule has 0 unspecified atom stereocenters. The summed E-state index contributed by atoms with van der Waals surface area (Å²) in [6.07, 6.45) is 2.07. The van der Waals surface area contributed by atoms with Crippen molar-refractivity contribution in [3.8, 4) is 0 Å². The first-order chi connectivity index (χ1) is 15.7. The molecule has 11 heteroatoms. The van der Waals surface area contributed by atoms with Crippen LogP contribution in [0.1, 0.15) is 24.0 Å². The van der Waals surface area contributed by atoms with Crippen molar-refractivity contribution in [2.45, 2.75) is 30.6 Å². The van der Waals surface area contributed by atoms with Gasteiger partial charge in [0.15, 0.2) is 10.9 Å². The van der Waals surface area contributed by atoms with Crippen LogP contribution in [-0.2, 0) is 5.91 Å². The molecule has 2 aromatic rings. The highest BCUT2D eigenvalue weighted by molar-refractivity contribution is 8.03. The Morgan fingerprint density at radius 1 is 1.18 bits per heavy atom. The number of nitrogens with zero attached hydrogens (tertiary/aromatic N) is 2. The summed E-state index contributed by atoms with van der Waals surface area (Å²) in [5.74, 6) is -1.29. The number of nitrogens with one attached hydrogen (secondary N) is 2. The van der Waals surface area contributed by atoms with Gasteiger partial charge in [-0.2, -0.15) is 0 Å². The number of halogens is 2. The van der Waals surface area contributed by atoms with Gasteiger partial charge in [-0.1, -0.05) is 42.1 Å². The van der Waals surface area contributed by atoms with Crippen LogP contribution >= 0.6 is 23.7 Å². The average molecular weight is 499 g/mol. The number of aryl methyl sites for hydroxylation is 1. The van der Waals surface area contributed by atoms with E-state index >= 15 is 0 Å². The monoisotopic (exact) mass is 498 g/mol. The fraction of sp³-hybridized carbons (Fsp3) is 0.364. The van der Waals surface area contributed by atoms with Crippen LogP contribution in [0.25, 0.3) is 0 Å². The number of anilines is 1.